The second kappa shape index (κ2) is 19.1. The van der Waals surface area contributed by atoms with Crippen molar-refractivity contribution in [1.82, 2.24) is 25.1 Å². The van der Waals surface area contributed by atoms with E-state index >= 15 is 4.39 Å². The van der Waals surface area contributed by atoms with Crippen molar-refractivity contribution in [3.8, 4) is 0 Å². The molecule has 19 heteroatoms. The van der Waals surface area contributed by atoms with Gasteiger partial charge in [0.05, 0.1) is 11.5 Å². The van der Waals surface area contributed by atoms with Gasteiger partial charge in [0, 0.05) is 40.8 Å². The van der Waals surface area contributed by atoms with Gasteiger partial charge in [-0.15, -0.1) is 11.3 Å². The summed E-state index contributed by atoms with van der Waals surface area (Å²) in [6, 6.07) is 12.1. The molecule has 1 unspecified atom stereocenters. The Hall–Kier alpha value is -3.96. The maximum absolute atomic E-state index is 16.4. The van der Waals surface area contributed by atoms with Crippen molar-refractivity contribution in [2.75, 3.05) is 26.8 Å². The maximum Gasteiger partial charge on any atom is 0.412 e. The number of alkyl halides is 5. The quantitative estimate of drug-likeness (QED) is 0.0921. The minimum Gasteiger partial charge on any atom is -0.464 e. The number of likely N-dealkylation sites (tertiary alicyclic amines) is 1. The molecule has 0 bridgehead atoms. The molecule has 1 spiro atoms. The van der Waals surface area contributed by atoms with Crippen LogP contribution in [0, 0.1) is 5.41 Å². The zero-order chi connectivity index (χ0) is 48.2. The molecule has 5 fully saturated rings. The van der Waals surface area contributed by atoms with Crippen molar-refractivity contribution in [2.45, 2.75) is 158 Å². The molecule has 5 aliphatic rings. The van der Waals surface area contributed by atoms with E-state index in [1.165, 1.54) is 36.8 Å². The van der Waals surface area contributed by atoms with Gasteiger partial charge in [0.2, 0.25) is 17.7 Å². The summed E-state index contributed by atoms with van der Waals surface area (Å²) in [5.74, 6) is -4.42. The van der Waals surface area contributed by atoms with Crippen LogP contribution in [0.5, 0.6) is 0 Å². The van der Waals surface area contributed by atoms with Gasteiger partial charge in [0.25, 0.3) is 5.91 Å². The van der Waals surface area contributed by atoms with Crippen LogP contribution < -0.4 is 10.4 Å². The molecule has 2 saturated carbocycles. The number of benzene rings is 2. The lowest BCUT2D eigenvalue weighted by molar-refractivity contribution is -0.154. The summed E-state index contributed by atoms with van der Waals surface area (Å²) in [4.78, 5) is 62.6. The Balaban J connectivity index is 1.02. The minimum atomic E-state index is -5.11. The van der Waals surface area contributed by atoms with Crippen molar-refractivity contribution in [3.05, 3.63) is 70.6 Å². The Morgan fingerprint density at radius 2 is 1.69 bits per heavy atom. The van der Waals surface area contributed by atoms with Gasteiger partial charge >= 0.3 is 19.7 Å². The number of carbonyl (C=O) groups is 4. The molecule has 12 nitrogen and oxygen atoms in total. The van der Waals surface area contributed by atoms with Crippen LogP contribution in [-0.4, -0.2) is 119 Å². The molecule has 67 heavy (non-hydrogen) atoms. The van der Waals surface area contributed by atoms with E-state index in [0.29, 0.717) is 55.2 Å². The zero-order valence-corrected chi connectivity index (χ0v) is 40.2. The predicted octanol–water partition coefficient (Wildman–Crippen LogP) is 9.20. The summed E-state index contributed by atoms with van der Waals surface area (Å²) in [5, 5.41) is 5.43. The largest absolute Gasteiger partial charge is 0.464 e. The third-order valence-electron chi connectivity index (χ3n) is 14.3. The van der Waals surface area contributed by atoms with E-state index in [4.69, 9.17) is 9.26 Å². The van der Waals surface area contributed by atoms with E-state index in [0.717, 1.165) is 30.6 Å². The average molecular weight is 978 g/mol. The molecule has 3 aliphatic heterocycles. The number of amides is 3. The highest BCUT2D eigenvalue weighted by Crippen LogP contribution is 2.59. The van der Waals surface area contributed by atoms with Gasteiger partial charge < -0.3 is 29.3 Å². The van der Waals surface area contributed by atoms with Crippen molar-refractivity contribution in [2.24, 2.45) is 5.41 Å². The molecule has 3 saturated heterocycles. The highest BCUT2D eigenvalue weighted by atomic mass is 32.1. The van der Waals surface area contributed by atoms with Crippen molar-refractivity contribution < 1.29 is 55.0 Å². The van der Waals surface area contributed by atoms with Crippen LogP contribution in [0.4, 0.5) is 22.0 Å². The third-order valence-corrected chi connectivity index (χ3v) is 17.6. The number of nitrogens with one attached hydrogen (secondary N) is 2. The fourth-order valence-electron chi connectivity index (χ4n) is 10.4. The molecule has 1 aromatic heterocycles. The lowest BCUT2D eigenvalue weighted by Crippen LogP contribution is -2.59. The number of esters is 1. The van der Waals surface area contributed by atoms with Gasteiger partial charge in [0.1, 0.15) is 24.3 Å². The monoisotopic (exact) mass is 977 g/mol. The molecule has 3 aromatic rings. The molecule has 8 rings (SSSR count). The first kappa shape index (κ1) is 49.5. The van der Waals surface area contributed by atoms with Gasteiger partial charge in [-0.1, -0.05) is 57.2 Å². The molecule has 3 amide bonds. The van der Waals surface area contributed by atoms with Gasteiger partial charge in [-0.2, -0.15) is 13.2 Å². The average Bonchev–Trinajstić information content (AvgIpc) is 3.55. The number of halogens is 5. The first-order chi connectivity index (χ1) is 31.5. The molecule has 2 aliphatic carbocycles. The van der Waals surface area contributed by atoms with Crippen LogP contribution >= 0.6 is 18.9 Å². The number of thiophene rings is 1. The minimum absolute atomic E-state index is 0.0329. The van der Waals surface area contributed by atoms with Crippen molar-refractivity contribution in [3.63, 3.8) is 0 Å². The molecule has 2 N–H and O–H groups in total. The van der Waals surface area contributed by atoms with Crippen LogP contribution in [0.2, 0.25) is 0 Å². The van der Waals surface area contributed by atoms with E-state index in [-0.39, 0.29) is 64.9 Å². The predicted molar refractivity (Wildman–Crippen MR) is 244 cm³/mol. The second-order valence-electron chi connectivity index (χ2n) is 20.6. The van der Waals surface area contributed by atoms with Gasteiger partial charge in [-0.05, 0) is 118 Å². The van der Waals surface area contributed by atoms with Crippen LogP contribution in [0.25, 0.3) is 10.1 Å². The van der Waals surface area contributed by atoms with E-state index < -0.39 is 67.8 Å². The van der Waals surface area contributed by atoms with Gasteiger partial charge in [-0.25, -0.2) is 13.9 Å². The number of rotatable bonds is 14. The van der Waals surface area contributed by atoms with E-state index in [9.17, 15) is 41.3 Å². The number of hydrogen-bond donors (Lipinski definition) is 2. The van der Waals surface area contributed by atoms with Crippen molar-refractivity contribution in [1.29, 1.82) is 0 Å². The smallest absolute Gasteiger partial charge is 0.412 e. The summed E-state index contributed by atoms with van der Waals surface area (Å²) < 4.78 is 94.8. The highest BCUT2D eigenvalue weighted by molar-refractivity contribution is 7.57. The Morgan fingerprint density at radius 1 is 0.970 bits per heavy atom. The van der Waals surface area contributed by atoms with Crippen LogP contribution in [-0.2, 0) is 28.2 Å². The van der Waals surface area contributed by atoms with Crippen LogP contribution in [0.3, 0.4) is 0 Å². The van der Waals surface area contributed by atoms with Crippen molar-refractivity contribution >= 4 is 52.6 Å². The Kier molecular flexibility index (Phi) is 14.1. The van der Waals surface area contributed by atoms with E-state index in [1.807, 2.05) is 30.1 Å². The number of hydrogen-bond acceptors (Lipinski definition) is 9. The first-order valence-electron chi connectivity index (χ1n) is 23.3. The summed E-state index contributed by atoms with van der Waals surface area (Å²) in [5.41, 5.74) is 0.183. The molecular formula is C48H61F5N5O7PS. The summed E-state index contributed by atoms with van der Waals surface area (Å²) in [6.45, 7) is 5.01. The topological polar surface area (TPSA) is 138 Å². The molecular weight excluding hydrogens is 917 g/mol. The number of fused-ring (bicyclic) bond motifs is 2. The Bertz CT molecular complexity index is 2370. The van der Waals surface area contributed by atoms with Crippen LogP contribution in [0.15, 0.2) is 54.6 Å². The number of nitrogens with zero attached hydrogens (tertiary/aromatic N) is 3. The first-order valence-corrected chi connectivity index (χ1v) is 25.8. The SMILES string of the molecule is C[C@H](NP(=O)(OCC(F)(F)F)[C@@H](F)c1ccc2sc(C(=O)N[C@H]3CC[C@H](N(C)C4CC(F)C4)C[C@H]4CC[C@@H](C(=O)N5C[C@H](c6ccccc6)CC56CC6)N4C3=O)cc2c1)C(=O)OCC(C)(C)C. The fraction of sp³-hybridized carbons (Fsp3) is 0.625. The maximum atomic E-state index is 16.4. The zero-order valence-electron chi connectivity index (χ0n) is 38.5. The number of ether oxygens (including phenoxy) is 1. The highest BCUT2D eigenvalue weighted by Gasteiger charge is 2.59. The summed E-state index contributed by atoms with van der Waals surface area (Å²) in [7, 11) is -3.12. The molecule has 8 atom stereocenters. The molecule has 4 heterocycles. The third kappa shape index (κ3) is 10.9. The van der Waals surface area contributed by atoms with E-state index in [2.05, 4.69) is 27.4 Å². The lowest BCUT2D eigenvalue weighted by Gasteiger charge is -2.45. The normalized spacial score (nSPS) is 28.0. The van der Waals surface area contributed by atoms with Gasteiger partial charge in [0.15, 0.2) is 6.61 Å². The second-order valence-corrected chi connectivity index (χ2v) is 23.9. The molecule has 366 valence electrons. The summed E-state index contributed by atoms with van der Waals surface area (Å²) >= 11 is 1.04. The van der Waals surface area contributed by atoms with Crippen LogP contribution in [0.1, 0.15) is 125 Å². The molecule has 2 aromatic carbocycles. The molecule has 0 radical (unpaired) electrons. The number of carbonyl (C=O) groups excluding carboxylic acids is 4. The van der Waals surface area contributed by atoms with Gasteiger partial charge in [-0.3, -0.25) is 23.7 Å². The Morgan fingerprint density at radius 3 is 2.34 bits per heavy atom. The lowest BCUT2D eigenvalue weighted by atomic mass is 9.86. The fourth-order valence-corrected chi connectivity index (χ4v) is 13.2. The standard InChI is InChI=1S/C48H61F5N5O7PS/c1-28(45(62)64-26-46(2,3)4)55-66(63,65-27-48(51,52)53)41(50)30-11-16-39-31(19-30)20-40(67-39)42(59)54-37-14-12-34(56(5)36-21-33(49)22-36)23-35-13-15-38(58(35)43(37)60)44(61)57-25-32(24-47(57)17-18-47)29-9-7-6-8-10-29/h6-11,16,19-20,28,32-38,41H,12-15,17-18,21-27H2,1-5H3,(H,54,59)(H,55,63)/t28-,32+,33?,34-,35+,36?,37-,38-,41+,66?/m0/s1. The summed E-state index contributed by atoms with van der Waals surface area (Å²) in [6.07, 6.45) is 0.253. The van der Waals surface area contributed by atoms with E-state index in [1.54, 1.807) is 25.7 Å². The Labute approximate surface area is 392 Å².